The van der Waals surface area contributed by atoms with Gasteiger partial charge >= 0.3 is 0 Å². The van der Waals surface area contributed by atoms with Crippen LogP contribution in [-0.2, 0) is 0 Å². The van der Waals surface area contributed by atoms with E-state index < -0.39 is 0 Å². The van der Waals surface area contributed by atoms with E-state index in [0.29, 0.717) is 5.02 Å². The molecule has 1 aromatic heterocycles. The number of benzene rings is 1. The molecule has 0 aliphatic rings. The molecule has 1 N–H and O–H groups in total. The van der Waals surface area contributed by atoms with E-state index in [9.17, 15) is 0 Å². The standard InChI is InChI=1S/C10H10ClN3S/c1-2-12-10-14-13-9(15-10)7-4-3-5-8(11)6-7/h3-6H,2H2,1H3,(H,12,14). The molecule has 2 aromatic rings. The highest BCUT2D eigenvalue weighted by molar-refractivity contribution is 7.18. The van der Waals surface area contributed by atoms with E-state index in [0.717, 1.165) is 22.2 Å². The average molecular weight is 240 g/mol. The Morgan fingerprint density at radius 3 is 3.00 bits per heavy atom. The van der Waals surface area contributed by atoms with Crippen LogP contribution < -0.4 is 5.32 Å². The monoisotopic (exact) mass is 239 g/mol. The SMILES string of the molecule is CCNc1nnc(-c2cccc(Cl)c2)s1. The third-order valence-corrected chi connectivity index (χ3v) is 2.99. The number of hydrogen-bond acceptors (Lipinski definition) is 4. The van der Waals surface area contributed by atoms with Crippen LogP contribution in [0.4, 0.5) is 5.13 Å². The van der Waals surface area contributed by atoms with Crippen LogP contribution >= 0.6 is 22.9 Å². The van der Waals surface area contributed by atoms with Gasteiger partial charge in [-0.15, -0.1) is 10.2 Å². The van der Waals surface area contributed by atoms with Crippen molar-refractivity contribution in [2.45, 2.75) is 6.92 Å². The van der Waals surface area contributed by atoms with E-state index in [-0.39, 0.29) is 0 Å². The number of rotatable bonds is 3. The molecule has 1 aromatic carbocycles. The zero-order valence-electron chi connectivity index (χ0n) is 8.20. The van der Waals surface area contributed by atoms with Crippen molar-refractivity contribution in [1.82, 2.24) is 10.2 Å². The molecular weight excluding hydrogens is 230 g/mol. The molecule has 0 aliphatic heterocycles. The van der Waals surface area contributed by atoms with Crippen LogP contribution in [0.2, 0.25) is 5.02 Å². The maximum absolute atomic E-state index is 5.90. The molecule has 5 heteroatoms. The molecule has 1 heterocycles. The van der Waals surface area contributed by atoms with Gasteiger partial charge in [0.2, 0.25) is 5.13 Å². The smallest absolute Gasteiger partial charge is 0.205 e. The highest BCUT2D eigenvalue weighted by Crippen LogP contribution is 2.27. The highest BCUT2D eigenvalue weighted by atomic mass is 35.5. The van der Waals surface area contributed by atoms with Crippen LogP contribution in [0.1, 0.15) is 6.92 Å². The van der Waals surface area contributed by atoms with Gasteiger partial charge in [-0.3, -0.25) is 0 Å². The number of anilines is 1. The maximum atomic E-state index is 5.90. The van der Waals surface area contributed by atoms with Crippen molar-refractivity contribution < 1.29 is 0 Å². The predicted molar refractivity (Wildman–Crippen MR) is 64.5 cm³/mol. The second-order valence-corrected chi connectivity index (χ2v) is 4.37. The largest absolute Gasteiger partial charge is 0.360 e. The van der Waals surface area contributed by atoms with Crippen molar-refractivity contribution in [2.24, 2.45) is 0 Å². The second kappa shape index (κ2) is 4.59. The zero-order valence-corrected chi connectivity index (χ0v) is 9.77. The van der Waals surface area contributed by atoms with Gasteiger partial charge in [0.25, 0.3) is 0 Å². The van der Waals surface area contributed by atoms with Crippen molar-refractivity contribution in [3.63, 3.8) is 0 Å². The third-order valence-electron chi connectivity index (χ3n) is 1.82. The Labute approximate surface area is 97.1 Å². The fourth-order valence-electron chi connectivity index (χ4n) is 1.18. The van der Waals surface area contributed by atoms with Gasteiger partial charge in [0, 0.05) is 17.1 Å². The van der Waals surface area contributed by atoms with E-state index in [1.54, 1.807) is 0 Å². The Morgan fingerprint density at radius 2 is 2.27 bits per heavy atom. The van der Waals surface area contributed by atoms with Crippen molar-refractivity contribution in [1.29, 1.82) is 0 Å². The second-order valence-electron chi connectivity index (χ2n) is 2.95. The van der Waals surface area contributed by atoms with E-state index in [4.69, 9.17) is 11.6 Å². The van der Waals surface area contributed by atoms with Gasteiger partial charge in [0.1, 0.15) is 5.01 Å². The Balaban J connectivity index is 2.29. The normalized spacial score (nSPS) is 10.3. The molecule has 0 saturated heterocycles. The number of aromatic nitrogens is 2. The number of nitrogens with one attached hydrogen (secondary N) is 1. The lowest BCUT2D eigenvalue weighted by molar-refractivity contribution is 1.07. The van der Waals surface area contributed by atoms with Gasteiger partial charge in [-0.1, -0.05) is 35.1 Å². The minimum Gasteiger partial charge on any atom is -0.360 e. The predicted octanol–water partition coefficient (Wildman–Crippen LogP) is 3.29. The molecule has 0 bridgehead atoms. The number of nitrogens with zero attached hydrogens (tertiary/aromatic N) is 2. The first-order chi connectivity index (χ1) is 7.29. The van der Waals surface area contributed by atoms with Crippen molar-refractivity contribution in [2.75, 3.05) is 11.9 Å². The lowest BCUT2D eigenvalue weighted by atomic mass is 10.2. The van der Waals surface area contributed by atoms with E-state index in [1.165, 1.54) is 11.3 Å². The summed E-state index contributed by atoms with van der Waals surface area (Å²) in [6.07, 6.45) is 0. The summed E-state index contributed by atoms with van der Waals surface area (Å²) in [5.41, 5.74) is 1.00. The lowest BCUT2D eigenvalue weighted by Gasteiger charge is -1.95. The van der Waals surface area contributed by atoms with Gasteiger partial charge in [0.05, 0.1) is 0 Å². The fourth-order valence-corrected chi connectivity index (χ4v) is 2.18. The summed E-state index contributed by atoms with van der Waals surface area (Å²) in [6.45, 7) is 2.88. The minimum atomic E-state index is 0.715. The van der Waals surface area contributed by atoms with Crippen LogP contribution in [0.5, 0.6) is 0 Å². The summed E-state index contributed by atoms with van der Waals surface area (Å²) >= 11 is 7.43. The molecule has 0 unspecified atom stereocenters. The minimum absolute atomic E-state index is 0.715. The van der Waals surface area contributed by atoms with Crippen LogP contribution in [-0.4, -0.2) is 16.7 Å². The van der Waals surface area contributed by atoms with E-state index >= 15 is 0 Å². The molecule has 2 rings (SSSR count). The van der Waals surface area contributed by atoms with Gasteiger partial charge in [0.15, 0.2) is 0 Å². The van der Waals surface area contributed by atoms with Crippen molar-refractivity contribution in [3.05, 3.63) is 29.3 Å². The first-order valence-corrected chi connectivity index (χ1v) is 5.82. The summed E-state index contributed by atoms with van der Waals surface area (Å²) < 4.78 is 0. The maximum Gasteiger partial charge on any atom is 0.205 e. The van der Waals surface area contributed by atoms with Crippen LogP contribution in [0.15, 0.2) is 24.3 Å². The molecule has 0 saturated carbocycles. The van der Waals surface area contributed by atoms with Crippen LogP contribution in [0.3, 0.4) is 0 Å². The Kier molecular flexibility index (Phi) is 3.18. The van der Waals surface area contributed by atoms with Crippen molar-refractivity contribution >= 4 is 28.1 Å². The molecule has 0 atom stereocenters. The third kappa shape index (κ3) is 2.46. The van der Waals surface area contributed by atoms with E-state index in [1.807, 2.05) is 31.2 Å². The lowest BCUT2D eigenvalue weighted by Crippen LogP contribution is -1.94. The highest BCUT2D eigenvalue weighted by Gasteiger charge is 2.05. The quantitative estimate of drug-likeness (QED) is 0.893. The summed E-state index contributed by atoms with van der Waals surface area (Å²) in [6, 6.07) is 7.61. The molecule has 3 nitrogen and oxygen atoms in total. The summed E-state index contributed by atoms with van der Waals surface area (Å²) in [5.74, 6) is 0. The molecule has 0 spiro atoms. The molecule has 0 aliphatic carbocycles. The Hall–Kier alpha value is -1.13. The van der Waals surface area contributed by atoms with Gasteiger partial charge < -0.3 is 5.32 Å². The fraction of sp³-hybridized carbons (Fsp3) is 0.200. The molecule has 0 radical (unpaired) electrons. The molecule has 0 fully saturated rings. The van der Waals surface area contributed by atoms with Gasteiger partial charge in [-0.2, -0.15) is 0 Å². The summed E-state index contributed by atoms with van der Waals surface area (Å²) in [5, 5.41) is 13.7. The van der Waals surface area contributed by atoms with Crippen LogP contribution in [0, 0.1) is 0 Å². The number of halogens is 1. The van der Waals surface area contributed by atoms with Crippen LogP contribution in [0.25, 0.3) is 10.6 Å². The topological polar surface area (TPSA) is 37.8 Å². The first-order valence-electron chi connectivity index (χ1n) is 4.63. The summed E-state index contributed by atoms with van der Waals surface area (Å²) in [7, 11) is 0. The summed E-state index contributed by atoms with van der Waals surface area (Å²) in [4.78, 5) is 0. The molecular formula is C10H10ClN3S. The number of hydrogen-bond donors (Lipinski definition) is 1. The molecule has 0 amide bonds. The average Bonchev–Trinajstić information content (AvgIpc) is 2.67. The molecule has 78 valence electrons. The van der Waals surface area contributed by atoms with Gasteiger partial charge in [-0.05, 0) is 19.1 Å². The zero-order chi connectivity index (χ0) is 10.7. The molecule has 15 heavy (non-hydrogen) atoms. The Morgan fingerprint density at radius 1 is 1.40 bits per heavy atom. The first kappa shape index (κ1) is 10.4. The van der Waals surface area contributed by atoms with E-state index in [2.05, 4.69) is 15.5 Å². The van der Waals surface area contributed by atoms with Crippen molar-refractivity contribution in [3.8, 4) is 10.6 Å². The van der Waals surface area contributed by atoms with Gasteiger partial charge in [-0.25, -0.2) is 0 Å². The Bertz CT molecular complexity index is 455.